The molecule has 3 N–H and O–H groups in total. The van der Waals surface area contributed by atoms with E-state index in [2.05, 4.69) is 20.2 Å². The first kappa shape index (κ1) is 21.0. The van der Waals surface area contributed by atoms with Gasteiger partial charge in [0, 0.05) is 19.3 Å². The van der Waals surface area contributed by atoms with E-state index < -0.39 is 5.97 Å². The normalized spacial score (nSPS) is 17.3. The van der Waals surface area contributed by atoms with E-state index >= 15 is 0 Å². The minimum atomic E-state index is -0.506. The Balaban J connectivity index is 1.54. The summed E-state index contributed by atoms with van der Waals surface area (Å²) in [5.74, 6) is 0.431. The summed E-state index contributed by atoms with van der Waals surface area (Å²) >= 11 is 0. The number of rotatable bonds is 6. The van der Waals surface area contributed by atoms with Crippen molar-refractivity contribution < 1.29 is 14.3 Å². The largest absolute Gasteiger partial charge is 0.461 e. The van der Waals surface area contributed by atoms with E-state index in [1.54, 1.807) is 29.3 Å². The van der Waals surface area contributed by atoms with Gasteiger partial charge in [0.05, 0.1) is 18.3 Å². The molecule has 2 amide bonds. The number of fused-ring (bicyclic) bond motifs is 4. The van der Waals surface area contributed by atoms with Gasteiger partial charge >= 0.3 is 12.0 Å². The summed E-state index contributed by atoms with van der Waals surface area (Å²) in [5, 5.41) is 2.83. The zero-order chi connectivity index (χ0) is 22.0. The zero-order valence-corrected chi connectivity index (χ0v) is 17.9. The van der Waals surface area contributed by atoms with Crippen molar-refractivity contribution in [3.8, 4) is 0 Å². The zero-order valence-electron chi connectivity index (χ0n) is 17.9. The van der Waals surface area contributed by atoms with E-state index in [0.717, 1.165) is 25.2 Å². The van der Waals surface area contributed by atoms with Gasteiger partial charge < -0.3 is 15.4 Å². The van der Waals surface area contributed by atoms with E-state index in [0.29, 0.717) is 24.6 Å². The number of amides is 2. The van der Waals surface area contributed by atoms with Crippen molar-refractivity contribution in [1.82, 2.24) is 9.97 Å². The lowest BCUT2D eigenvalue weighted by Gasteiger charge is -2.35. The van der Waals surface area contributed by atoms with Gasteiger partial charge in [-0.25, -0.2) is 19.6 Å². The molecule has 0 aromatic carbocycles. The van der Waals surface area contributed by atoms with Crippen LogP contribution < -0.4 is 20.9 Å². The number of hydrogen-bond donors (Lipinski definition) is 2. The SMILES string of the molecule is CC(C)(CN)CCOC(=O)c1ccc2c(n1)N(C(=O)Nc1ccccn1)[C@H]1CCN2C1. The maximum Gasteiger partial charge on any atom is 0.357 e. The minimum Gasteiger partial charge on any atom is -0.461 e. The Morgan fingerprint density at radius 1 is 1.29 bits per heavy atom. The number of nitrogens with one attached hydrogen (secondary N) is 1. The molecule has 9 heteroatoms. The number of aromatic nitrogens is 2. The number of nitrogens with zero attached hydrogens (tertiary/aromatic N) is 4. The van der Waals surface area contributed by atoms with E-state index in [4.69, 9.17) is 10.5 Å². The van der Waals surface area contributed by atoms with Crippen LogP contribution in [0.4, 0.5) is 22.1 Å². The predicted octanol–water partition coefficient (Wildman–Crippen LogP) is 2.64. The highest BCUT2D eigenvalue weighted by Crippen LogP contribution is 2.39. The topological polar surface area (TPSA) is 114 Å². The van der Waals surface area contributed by atoms with Crippen LogP contribution in [0.5, 0.6) is 0 Å². The number of ether oxygens (including phenoxy) is 1. The highest BCUT2D eigenvalue weighted by atomic mass is 16.5. The average Bonchev–Trinajstić information content (AvgIpc) is 3.18. The van der Waals surface area contributed by atoms with Crippen molar-refractivity contribution >= 4 is 29.3 Å². The fraction of sp³-hybridized carbons (Fsp3) is 0.455. The quantitative estimate of drug-likeness (QED) is 0.685. The number of esters is 1. The predicted molar refractivity (Wildman–Crippen MR) is 118 cm³/mol. The van der Waals surface area contributed by atoms with Crippen molar-refractivity contribution in [2.45, 2.75) is 32.7 Å². The Kier molecular flexibility index (Phi) is 5.77. The lowest BCUT2D eigenvalue weighted by atomic mass is 9.90. The minimum absolute atomic E-state index is 0.0136. The van der Waals surface area contributed by atoms with Crippen LogP contribution in [0, 0.1) is 5.41 Å². The average molecular weight is 425 g/mol. The molecular formula is C22H28N6O3. The third-order valence-corrected chi connectivity index (χ3v) is 5.84. The van der Waals surface area contributed by atoms with E-state index in [9.17, 15) is 9.59 Å². The smallest absolute Gasteiger partial charge is 0.357 e. The molecule has 0 saturated carbocycles. The Hall–Kier alpha value is -3.20. The van der Waals surface area contributed by atoms with E-state index in [-0.39, 0.29) is 29.8 Å². The number of pyridine rings is 2. The van der Waals surface area contributed by atoms with Crippen LogP contribution in [0.3, 0.4) is 0 Å². The van der Waals surface area contributed by atoms with Gasteiger partial charge in [0.15, 0.2) is 11.5 Å². The van der Waals surface area contributed by atoms with Gasteiger partial charge in [-0.3, -0.25) is 10.2 Å². The summed E-state index contributed by atoms with van der Waals surface area (Å²) in [7, 11) is 0. The molecule has 0 radical (unpaired) electrons. The maximum absolute atomic E-state index is 13.1. The number of carbonyl (C=O) groups is 2. The standard InChI is InChI=1S/C22H28N6O3/c1-22(2,14-23)9-12-31-20(29)16-6-7-17-19(25-16)28(15-8-11-27(17)13-15)21(30)26-18-5-3-4-10-24-18/h3-7,10,15H,8-9,11-14,23H2,1-2H3,(H,24,26,30)/t15-/m0/s1. The molecule has 31 heavy (non-hydrogen) atoms. The molecule has 164 valence electrons. The van der Waals surface area contributed by atoms with E-state index in [1.165, 1.54) is 0 Å². The van der Waals surface area contributed by atoms with Crippen LogP contribution in [0.15, 0.2) is 36.5 Å². The highest BCUT2D eigenvalue weighted by molar-refractivity contribution is 6.04. The molecule has 0 aliphatic carbocycles. The third kappa shape index (κ3) is 4.46. The van der Waals surface area contributed by atoms with E-state index in [1.807, 2.05) is 26.0 Å². The van der Waals surface area contributed by atoms with Crippen LogP contribution in [-0.4, -0.2) is 54.3 Å². The molecule has 2 aromatic heterocycles. The van der Waals surface area contributed by atoms with Crippen molar-refractivity contribution in [2.24, 2.45) is 11.1 Å². The molecule has 4 rings (SSSR count). The first-order valence-electron chi connectivity index (χ1n) is 10.5. The van der Waals surface area contributed by atoms with Gasteiger partial charge in [0.25, 0.3) is 0 Å². The highest BCUT2D eigenvalue weighted by Gasteiger charge is 2.40. The molecule has 2 aliphatic heterocycles. The molecule has 2 bridgehead atoms. The van der Waals surface area contributed by atoms with Crippen molar-refractivity contribution in [2.75, 3.05) is 41.4 Å². The fourth-order valence-corrected chi connectivity index (χ4v) is 3.79. The lowest BCUT2D eigenvalue weighted by molar-refractivity contribution is 0.0454. The Bertz CT molecular complexity index is 965. The number of nitrogens with two attached hydrogens (primary N) is 1. The number of urea groups is 1. The van der Waals surface area contributed by atoms with Crippen LogP contribution in [0.2, 0.25) is 0 Å². The van der Waals surface area contributed by atoms with Gasteiger partial charge in [-0.1, -0.05) is 19.9 Å². The first-order valence-corrected chi connectivity index (χ1v) is 10.5. The number of anilines is 3. The van der Waals surface area contributed by atoms with Crippen LogP contribution in [0.1, 0.15) is 37.2 Å². The third-order valence-electron chi connectivity index (χ3n) is 5.84. The molecular weight excluding hydrogens is 396 g/mol. The lowest BCUT2D eigenvalue weighted by Crippen LogP contribution is -2.48. The van der Waals surface area contributed by atoms with Gasteiger partial charge in [-0.2, -0.15) is 0 Å². The molecule has 1 atom stereocenters. The van der Waals surface area contributed by atoms with Gasteiger partial charge in [0.1, 0.15) is 5.82 Å². The molecule has 1 fully saturated rings. The fourth-order valence-electron chi connectivity index (χ4n) is 3.79. The molecule has 4 heterocycles. The van der Waals surface area contributed by atoms with Crippen molar-refractivity contribution in [1.29, 1.82) is 0 Å². The second kappa shape index (κ2) is 8.50. The second-order valence-corrected chi connectivity index (χ2v) is 8.70. The summed E-state index contributed by atoms with van der Waals surface area (Å²) in [6, 6.07) is 8.49. The molecule has 2 aromatic rings. The van der Waals surface area contributed by atoms with Crippen molar-refractivity contribution in [3.63, 3.8) is 0 Å². The molecule has 0 spiro atoms. The van der Waals surface area contributed by atoms with Crippen LogP contribution in [-0.2, 0) is 4.74 Å². The van der Waals surface area contributed by atoms with Gasteiger partial charge in [-0.05, 0) is 49.1 Å². The van der Waals surface area contributed by atoms with Crippen LogP contribution >= 0.6 is 0 Å². The molecule has 2 aliphatic rings. The summed E-state index contributed by atoms with van der Waals surface area (Å²) in [6.45, 7) is 6.41. The first-order chi connectivity index (χ1) is 14.9. The molecule has 0 unspecified atom stereocenters. The monoisotopic (exact) mass is 424 g/mol. The molecule has 1 saturated heterocycles. The van der Waals surface area contributed by atoms with Crippen LogP contribution in [0.25, 0.3) is 0 Å². The molecule has 9 nitrogen and oxygen atoms in total. The second-order valence-electron chi connectivity index (χ2n) is 8.70. The maximum atomic E-state index is 13.1. The summed E-state index contributed by atoms with van der Waals surface area (Å²) in [6.07, 6.45) is 3.12. The Morgan fingerprint density at radius 2 is 2.13 bits per heavy atom. The number of hydrogen-bond acceptors (Lipinski definition) is 7. The van der Waals surface area contributed by atoms with Gasteiger partial charge in [0.2, 0.25) is 0 Å². The number of carbonyl (C=O) groups excluding carboxylic acids is 2. The Labute approximate surface area is 181 Å². The summed E-state index contributed by atoms with van der Waals surface area (Å²) < 4.78 is 5.42. The van der Waals surface area contributed by atoms with Crippen molar-refractivity contribution in [3.05, 3.63) is 42.2 Å². The summed E-state index contributed by atoms with van der Waals surface area (Å²) in [4.78, 5) is 38.2. The summed E-state index contributed by atoms with van der Waals surface area (Å²) in [5.41, 5.74) is 6.66. The van der Waals surface area contributed by atoms with Gasteiger partial charge in [-0.15, -0.1) is 0 Å². The Morgan fingerprint density at radius 3 is 2.87 bits per heavy atom.